The van der Waals surface area contributed by atoms with Crippen molar-refractivity contribution in [2.24, 2.45) is 0 Å². The van der Waals surface area contributed by atoms with Gasteiger partial charge >= 0.3 is 0 Å². The summed E-state index contributed by atoms with van der Waals surface area (Å²) in [4.78, 5) is 27.1. The highest BCUT2D eigenvalue weighted by molar-refractivity contribution is 6.30. The predicted molar refractivity (Wildman–Crippen MR) is 113 cm³/mol. The minimum atomic E-state index is -0.173. The van der Waals surface area contributed by atoms with E-state index in [0.717, 1.165) is 46.5 Å². The van der Waals surface area contributed by atoms with Gasteiger partial charge < -0.3 is 4.98 Å². The summed E-state index contributed by atoms with van der Waals surface area (Å²) in [6, 6.07) is 8.27. The fourth-order valence-corrected chi connectivity index (χ4v) is 3.84. The van der Waals surface area contributed by atoms with E-state index in [4.69, 9.17) is 16.6 Å². The molecule has 3 heterocycles. The zero-order chi connectivity index (χ0) is 20.1. The third-order valence-corrected chi connectivity index (χ3v) is 5.58. The standard InChI is InChI=1S/C22H25ClN4O/c1-13-5-6-17-14(9-13)10-15(19(23)24-17)11-27-8-7-18-16(12-27)20(28)26-21(25-18)22(2,3)4/h5-6,9-10H,7-8,11-12H2,1-4H3,(H,25,26,28). The summed E-state index contributed by atoms with van der Waals surface area (Å²) in [6.07, 6.45) is 0.764. The summed E-state index contributed by atoms with van der Waals surface area (Å²) in [6.45, 7) is 10.3. The van der Waals surface area contributed by atoms with Crippen LogP contribution in [0, 0.1) is 6.92 Å². The molecule has 0 aliphatic carbocycles. The molecule has 1 N–H and O–H groups in total. The second-order valence-corrected chi connectivity index (χ2v) is 9.04. The molecule has 0 unspecified atom stereocenters. The maximum Gasteiger partial charge on any atom is 0.255 e. The number of aromatic amines is 1. The third kappa shape index (κ3) is 3.69. The first-order chi connectivity index (χ1) is 13.2. The zero-order valence-corrected chi connectivity index (χ0v) is 17.5. The molecule has 0 bridgehead atoms. The number of aromatic nitrogens is 3. The molecule has 0 saturated carbocycles. The molecular weight excluding hydrogens is 372 g/mol. The summed E-state index contributed by atoms with van der Waals surface area (Å²) in [5.74, 6) is 0.752. The first-order valence-corrected chi connectivity index (χ1v) is 9.99. The molecule has 4 rings (SSSR count). The molecule has 5 nitrogen and oxygen atoms in total. The van der Waals surface area contributed by atoms with Gasteiger partial charge in [-0.3, -0.25) is 9.69 Å². The van der Waals surface area contributed by atoms with Crippen LogP contribution in [0.3, 0.4) is 0 Å². The fraction of sp³-hybridized carbons (Fsp3) is 0.409. The summed E-state index contributed by atoms with van der Waals surface area (Å²) < 4.78 is 0. The summed E-state index contributed by atoms with van der Waals surface area (Å²) in [7, 11) is 0. The second kappa shape index (κ2) is 6.98. The third-order valence-electron chi connectivity index (χ3n) is 5.25. The van der Waals surface area contributed by atoms with Crippen LogP contribution in [-0.2, 0) is 24.9 Å². The molecule has 1 aliphatic heterocycles. The number of halogens is 1. The van der Waals surface area contributed by atoms with E-state index in [1.165, 1.54) is 5.56 Å². The lowest BCUT2D eigenvalue weighted by molar-refractivity contribution is 0.241. The topological polar surface area (TPSA) is 61.9 Å². The molecular formula is C22H25ClN4O. The summed E-state index contributed by atoms with van der Waals surface area (Å²) >= 11 is 6.45. The van der Waals surface area contributed by atoms with Crippen LogP contribution in [0.15, 0.2) is 29.1 Å². The van der Waals surface area contributed by atoms with Gasteiger partial charge in [0.25, 0.3) is 5.56 Å². The number of hydrogen-bond donors (Lipinski definition) is 1. The number of aryl methyl sites for hydroxylation is 1. The lowest BCUT2D eigenvalue weighted by atomic mass is 9.95. The Morgan fingerprint density at radius 1 is 1.21 bits per heavy atom. The Labute approximate surface area is 169 Å². The first-order valence-electron chi connectivity index (χ1n) is 9.61. The van der Waals surface area contributed by atoms with Crippen molar-refractivity contribution in [3.05, 3.63) is 68.0 Å². The maximum absolute atomic E-state index is 12.6. The predicted octanol–water partition coefficient (Wildman–Crippen LogP) is 4.14. The Bertz CT molecular complexity index is 1110. The molecule has 0 saturated heterocycles. The average molecular weight is 397 g/mol. The molecule has 3 aromatic rings. The van der Waals surface area contributed by atoms with Gasteiger partial charge in [0, 0.05) is 42.4 Å². The molecule has 0 atom stereocenters. The zero-order valence-electron chi connectivity index (χ0n) is 16.8. The van der Waals surface area contributed by atoms with Crippen molar-refractivity contribution in [1.82, 2.24) is 19.9 Å². The van der Waals surface area contributed by atoms with Gasteiger partial charge in [0.2, 0.25) is 0 Å². The number of hydrogen-bond acceptors (Lipinski definition) is 4. The number of nitrogens with one attached hydrogen (secondary N) is 1. The molecule has 1 aromatic carbocycles. The van der Waals surface area contributed by atoms with Gasteiger partial charge in [0.15, 0.2) is 0 Å². The van der Waals surface area contributed by atoms with E-state index in [1.807, 2.05) is 12.1 Å². The molecule has 1 aliphatic rings. The Balaban J connectivity index is 1.61. The van der Waals surface area contributed by atoms with E-state index in [0.29, 0.717) is 18.2 Å². The normalized spacial score (nSPS) is 15.0. The summed E-state index contributed by atoms with van der Waals surface area (Å²) in [5, 5.41) is 1.61. The highest BCUT2D eigenvalue weighted by atomic mass is 35.5. The van der Waals surface area contributed by atoms with Crippen LogP contribution >= 0.6 is 11.6 Å². The molecule has 0 spiro atoms. The van der Waals surface area contributed by atoms with E-state index in [-0.39, 0.29) is 11.0 Å². The van der Waals surface area contributed by atoms with Crippen molar-refractivity contribution in [3.63, 3.8) is 0 Å². The molecule has 0 amide bonds. The van der Waals surface area contributed by atoms with Gasteiger partial charge in [-0.05, 0) is 25.1 Å². The smallest absolute Gasteiger partial charge is 0.255 e. The van der Waals surface area contributed by atoms with Gasteiger partial charge in [0.1, 0.15) is 11.0 Å². The van der Waals surface area contributed by atoms with Crippen LogP contribution in [0.1, 0.15) is 49.0 Å². The van der Waals surface area contributed by atoms with Gasteiger partial charge in [-0.1, -0.05) is 44.0 Å². The van der Waals surface area contributed by atoms with Crippen LogP contribution < -0.4 is 5.56 Å². The minimum absolute atomic E-state index is 0.0296. The van der Waals surface area contributed by atoms with Crippen molar-refractivity contribution < 1.29 is 0 Å². The highest BCUT2D eigenvalue weighted by Gasteiger charge is 2.25. The van der Waals surface area contributed by atoms with Crippen molar-refractivity contribution >= 4 is 22.5 Å². The van der Waals surface area contributed by atoms with Crippen LogP contribution in [0.4, 0.5) is 0 Å². The number of fused-ring (bicyclic) bond motifs is 2. The number of rotatable bonds is 2. The monoisotopic (exact) mass is 396 g/mol. The maximum atomic E-state index is 12.6. The second-order valence-electron chi connectivity index (χ2n) is 8.68. The molecule has 0 radical (unpaired) electrons. The van der Waals surface area contributed by atoms with Gasteiger partial charge in [-0.15, -0.1) is 0 Å². The molecule has 6 heteroatoms. The summed E-state index contributed by atoms with van der Waals surface area (Å²) in [5.41, 5.74) is 4.56. The van der Waals surface area contributed by atoms with Crippen LogP contribution in [0.25, 0.3) is 10.9 Å². The first kappa shape index (κ1) is 19.1. The largest absolute Gasteiger partial charge is 0.310 e. The number of H-pyrrole nitrogens is 1. The van der Waals surface area contributed by atoms with Crippen molar-refractivity contribution in [3.8, 4) is 0 Å². The lowest BCUT2D eigenvalue weighted by Gasteiger charge is -2.29. The Morgan fingerprint density at radius 2 is 2.00 bits per heavy atom. The molecule has 0 fully saturated rings. The molecule has 28 heavy (non-hydrogen) atoms. The number of benzene rings is 1. The van der Waals surface area contributed by atoms with Gasteiger partial charge in [-0.25, -0.2) is 9.97 Å². The van der Waals surface area contributed by atoms with Crippen LogP contribution in [0.2, 0.25) is 5.15 Å². The van der Waals surface area contributed by atoms with Crippen molar-refractivity contribution in [1.29, 1.82) is 0 Å². The van der Waals surface area contributed by atoms with Gasteiger partial charge in [0.05, 0.1) is 16.8 Å². The minimum Gasteiger partial charge on any atom is -0.310 e. The average Bonchev–Trinajstić information content (AvgIpc) is 2.62. The van der Waals surface area contributed by atoms with E-state index in [9.17, 15) is 4.79 Å². The van der Waals surface area contributed by atoms with E-state index >= 15 is 0 Å². The number of nitrogens with zero attached hydrogens (tertiary/aromatic N) is 3. The molecule has 146 valence electrons. The van der Waals surface area contributed by atoms with Crippen molar-refractivity contribution in [2.45, 2.75) is 52.6 Å². The fourth-order valence-electron chi connectivity index (χ4n) is 3.64. The lowest BCUT2D eigenvalue weighted by Crippen LogP contribution is -2.37. The van der Waals surface area contributed by atoms with E-state index in [1.54, 1.807) is 0 Å². The van der Waals surface area contributed by atoms with Crippen molar-refractivity contribution in [2.75, 3.05) is 6.54 Å². The van der Waals surface area contributed by atoms with Gasteiger partial charge in [-0.2, -0.15) is 0 Å². The number of pyridine rings is 1. The van der Waals surface area contributed by atoms with Crippen LogP contribution in [-0.4, -0.2) is 26.4 Å². The SMILES string of the molecule is Cc1ccc2nc(Cl)c(CN3CCc4nc(C(C)(C)C)[nH]c(=O)c4C3)cc2c1. The molecule has 2 aromatic heterocycles. The van der Waals surface area contributed by atoms with E-state index in [2.05, 4.69) is 54.7 Å². The van der Waals surface area contributed by atoms with E-state index < -0.39 is 0 Å². The Kier molecular flexibility index (Phi) is 4.76. The van der Waals surface area contributed by atoms with Crippen LogP contribution in [0.5, 0.6) is 0 Å². The quantitative estimate of drug-likeness (QED) is 0.661. The highest BCUT2D eigenvalue weighted by Crippen LogP contribution is 2.25. The Morgan fingerprint density at radius 3 is 2.75 bits per heavy atom. The Hall–Kier alpha value is -2.24.